The number of aromatic nitrogens is 2. The Bertz CT molecular complexity index is 375. The topological polar surface area (TPSA) is 54.2 Å². The van der Waals surface area contributed by atoms with E-state index in [0.717, 1.165) is 24.7 Å². The van der Waals surface area contributed by atoms with Crippen LogP contribution in [-0.4, -0.2) is 28.8 Å². The second-order valence-corrected chi connectivity index (χ2v) is 4.63. The molecule has 2 N–H and O–H groups in total. The molecular weight excluding hydrogens is 365 g/mol. The summed E-state index contributed by atoms with van der Waals surface area (Å²) in [6.45, 7) is 6.83. The van der Waals surface area contributed by atoms with Crippen LogP contribution in [0.15, 0.2) is 17.3 Å². The van der Waals surface area contributed by atoms with Crippen molar-refractivity contribution in [3.63, 3.8) is 0 Å². The van der Waals surface area contributed by atoms with Gasteiger partial charge in [-0.15, -0.1) is 24.0 Å². The SMILES string of the molecule is CCCCCCNC(=NCc1ccnn1C)NCC.I. The summed E-state index contributed by atoms with van der Waals surface area (Å²) in [5.41, 5.74) is 1.11. The normalized spacial score (nSPS) is 11.1. The van der Waals surface area contributed by atoms with Gasteiger partial charge in [-0.25, -0.2) is 4.99 Å². The van der Waals surface area contributed by atoms with Crippen LogP contribution in [0.4, 0.5) is 0 Å². The summed E-state index contributed by atoms with van der Waals surface area (Å²) in [6, 6.07) is 1.99. The maximum Gasteiger partial charge on any atom is 0.191 e. The number of hydrogen-bond acceptors (Lipinski definition) is 2. The first kappa shape index (κ1) is 19.2. The molecule has 0 fully saturated rings. The lowest BCUT2D eigenvalue weighted by Gasteiger charge is -2.11. The van der Waals surface area contributed by atoms with Crippen LogP contribution in [0.5, 0.6) is 0 Å². The standard InChI is InChI=1S/C14H27N5.HI/c1-4-6-7-8-10-16-14(15-5-2)17-12-13-9-11-18-19(13)3;/h9,11H,4-8,10,12H2,1-3H3,(H2,15,16,17);1H. The van der Waals surface area contributed by atoms with E-state index in [1.54, 1.807) is 6.20 Å². The van der Waals surface area contributed by atoms with Gasteiger partial charge in [0.25, 0.3) is 0 Å². The average molecular weight is 393 g/mol. The van der Waals surface area contributed by atoms with Crippen LogP contribution in [-0.2, 0) is 13.6 Å². The summed E-state index contributed by atoms with van der Waals surface area (Å²) in [6.07, 6.45) is 6.86. The fourth-order valence-corrected chi connectivity index (χ4v) is 1.82. The number of halogens is 1. The molecule has 5 nitrogen and oxygen atoms in total. The molecule has 1 aromatic rings. The molecule has 0 saturated heterocycles. The van der Waals surface area contributed by atoms with Crippen LogP contribution >= 0.6 is 24.0 Å². The molecule has 0 aliphatic heterocycles. The third-order valence-electron chi connectivity index (χ3n) is 2.99. The van der Waals surface area contributed by atoms with E-state index in [1.807, 2.05) is 17.8 Å². The van der Waals surface area contributed by atoms with Crippen molar-refractivity contribution in [1.29, 1.82) is 0 Å². The fourth-order valence-electron chi connectivity index (χ4n) is 1.82. The average Bonchev–Trinajstić information content (AvgIpc) is 2.81. The molecule has 0 spiro atoms. The number of unbranched alkanes of at least 4 members (excludes halogenated alkanes) is 3. The summed E-state index contributed by atoms with van der Waals surface area (Å²) in [5.74, 6) is 0.889. The summed E-state index contributed by atoms with van der Waals surface area (Å²) in [5, 5.41) is 10.8. The maximum atomic E-state index is 4.57. The van der Waals surface area contributed by atoms with Crippen molar-refractivity contribution in [3.8, 4) is 0 Å². The zero-order chi connectivity index (χ0) is 13.9. The highest BCUT2D eigenvalue weighted by atomic mass is 127. The van der Waals surface area contributed by atoms with Crippen LogP contribution < -0.4 is 10.6 Å². The van der Waals surface area contributed by atoms with E-state index in [2.05, 4.69) is 34.6 Å². The van der Waals surface area contributed by atoms with Crippen LogP contribution in [0, 0.1) is 0 Å². The Morgan fingerprint density at radius 3 is 2.65 bits per heavy atom. The molecule has 0 aromatic carbocycles. The maximum absolute atomic E-state index is 4.57. The largest absolute Gasteiger partial charge is 0.357 e. The summed E-state index contributed by atoms with van der Waals surface area (Å²) in [7, 11) is 1.94. The third kappa shape index (κ3) is 7.72. The van der Waals surface area contributed by atoms with E-state index in [9.17, 15) is 0 Å². The van der Waals surface area contributed by atoms with Crippen molar-refractivity contribution in [2.24, 2.45) is 12.0 Å². The molecule has 1 rings (SSSR count). The predicted molar refractivity (Wildman–Crippen MR) is 95.6 cm³/mol. The van der Waals surface area contributed by atoms with Gasteiger partial charge in [-0.05, 0) is 19.4 Å². The molecule has 0 bridgehead atoms. The first-order valence-electron chi connectivity index (χ1n) is 7.27. The van der Waals surface area contributed by atoms with Crippen LogP contribution in [0.1, 0.15) is 45.2 Å². The van der Waals surface area contributed by atoms with Gasteiger partial charge in [-0.1, -0.05) is 26.2 Å². The second-order valence-electron chi connectivity index (χ2n) is 4.63. The van der Waals surface area contributed by atoms with E-state index >= 15 is 0 Å². The van der Waals surface area contributed by atoms with Gasteiger partial charge >= 0.3 is 0 Å². The van der Waals surface area contributed by atoms with Crippen molar-refractivity contribution >= 4 is 29.9 Å². The van der Waals surface area contributed by atoms with Gasteiger partial charge in [0, 0.05) is 26.3 Å². The minimum atomic E-state index is 0. The van der Waals surface area contributed by atoms with Crippen molar-refractivity contribution in [2.75, 3.05) is 13.1 Å². The number of aliphatic imine (C=N–C) groups is 1. The molecule has 6 heteroatoms. The van der Waals surface area contributed by atoms with E-state index in [4.69, 9.17) is 0 Å². The van der Waals surface area contributed by atoms with Gasteiger partial charge in [-0.2, -0.15) is 5.10 Å². The van der Waals surface area contributed by atoms with E-state index in [0.29, 0.717) is 6.54 Å². The number of rotatable bonds is 8. The number of nitrogens with one attached hydrogen (secondary N) is 2. The highest BCUT2D eigenvalue weighted by molar-refractivity contribution is 14.0. The lowest BCUT2D eigenvalue weighted by Crippen LogP contribution is -2.37. The Kier molecular flexibility index (Phi) is 11.5. The van der Waals surface area contributed by atoms with Crippen LogP contribution in [0.2, 0.25) is 0 Å². The first-order valence-corrected chi connectivity index (χ1v) is 7.27. The predicted octanol–water partition coefficient (Wildman–Crippen LogP) is 2.67. The highest BCUT2D eigenvalue weighted by Gasteiger charge is 1.99. The molecule has 1 aromatic heterocycles. The molecular formula is C14H28IN5. The molecule has 0 unspecified atom stereocenters. The zero-order valence-electron chi connectivity index (χ0n) is 12.9. The van der Waals surface area contributed by atoms with Gasteiger partial charge < -0.3 is 10.6 Å². The van der Waals surface area contributed by atoms with Gasteiger partial charge in [0.15, 0.2) is 5.96 Å². The zero-order valence-corrected chi connectivity index (χ0v) is 15.2. The minimum Gasteiger partial charge on any atom is -0.357 e. The Morgan fingerprint density at radius 1 is 1.25 bits per heavy atom. The highest BCUT2D eigenvalue weighted by Crippen LogP contribution is 1.99. The number of hydrogen-bond donors (Lipinski definition) is 2. The quantitative estimate of drug-likeness (QED) is 0.309. The molecule has 0 amide bonds. The Balaban J connectivity index is 0.00000361. The summed E-state index contributed by atoms with van der Waals surface area (Å²) < 4.78 is 1.86. The first-order chi connectivity index (χ1) is 9.27. The third-order valence-corrected chi connectivity index (χ3v) is 2.99. The lowest BCUT2D eigenvalue weighted by atomic mass is 10.2. The van der Waals surface area contributed by atoms with E-state index in [1.165, 1.54) is 25.7 Å². The molecule has 0 atom stereocenters. The number of nitrogens with zero attached hydrogens (tertiary/aromatic N) is 3. The second kappa shape index (κ2) is 12.0. The van der Waals surface area contributed by atoms with Gasteiger partial charge in [0.05, 0.1) is 12.2 Å². The van der Waals surface area contributed by atoms with Crippen LogP contribution in [0.25, 0.3) is 0 Å². The molecule has 0 radical (unpaired) electrons. The monoisotopic (exact) mass is 393 g/mol. The van der Waals surface area contributed by atoms with Gasteiger partial charge in [-0.3, -0.25) is 4.68 Å². The molecule has 0 aliphatic rings. The Hall–Kier alpha value is -0.790. The lowest BCUT2D eigenvalue weighted by molar-refractivity contribution is 0.646. The van der Waals surface area contributed by atoms with Crippen molar-refractivity contribution in [2.45, 2.75) is 46.1 Å². The van der Waals surface area contributed by atoms with E-state index in [-0.39, 0.29) is 24.0 Å². The number of aryl methyl sites for hydroxylation is 1. The van der Waals surface area contributed by atoms with E-state index < -0.39 is 0 Å². The molecule has 20 heavy (non-hydrogen) atoms. The molecule has 1 heterocycles. The van der Waals surface area contributed by atoms with Crippen molar-refractivity contribution in [3.05, 3.63) is 18.0 Å². The Labute approximate surface area is 139 Å². The smallest absolute Gasteiger partial charge is 0.191 e. The minimum absolute atomic E-state index is 0. The fraction of sp³-hybridized carbons (Fsp3) is 0.714. The molecule has 0 aliphatic carbocycles. The van der Waals surface area contributed by atoms with Gasteiger partial charge in [0.1, 0.15) is 0 Å². The molecule has 116 valence electrons. The van der Waals surface area contributed by atoms with Crippen LogP contribution in [0.3, 0.4) is 0 Å². The Morgan fingerprint density at radius 2 is 2.05 bits per heavy atom. The van der Waals surface area contributed by atoms with Crippen molar-refractivity contribution < 1.29 is 0 Å². The van der Waals surface area contributed by atoms with Crippen molar-refractivity contribution in [1.82, 2.24) is 20.4 Å². The number of guanidine groups is 1. The summed E-state index contributed by atoms with van der Waals surface area (Å²) >= 11 is 0. The molecule has 0 saturated carbocycles. The summed E-state index contributed by atoms with van der Waals surface area (Å²) in [4.78, 5) is 4.57. The van der Waals surface area contributed by atoms with Gasteiger partial charge in [0.2, 0.25) is 0 Å².